The van der Waals surface area contributed by atoms with Crippen LogP contribution in [0.4, 0.5) is 10.5 Å². The maximum atomic E-state index is 12.5. The maximum absolute atomic E-state index is 12.5. The van der Waals surface area contributed by atoms with Crippen molar-refractivity contribution in [3.05, 3.63) is 73.3 Å². The lowest BCUT2D eigenvalue weighted by Gasteiger charge is -2.19. The fourth-order valence-electron chi connectivity index (χ4n) is 3.89. The van der Waals surface area contributed by atoms with Gasteiger partial charge in [0, 0.05) is 18.3 Å². The summed E-state index contributed by atoms with van der Waals surface area (Å²) < 4.78 is 7.42. The molecule has 1 aromatic carbocycles. The van der Waals surface area contributed by atoms with E-state index in [1.165, 1.54) is 26.9 Å². The zero-order chi connectivity index (χ0) is 23.0. The zero-order valence-corrected chi connectivity index (χ0v) is 19.1. The summed E-state index contributed by atoms with van der Waals surface area (Å²) in [6.45, 7) is 4.01. The molecular weight excluding hydrogens is 452 g/mol. The molecule has 0 aliphatic carbocycles. The van der Waals surface area contributed by atoms with Crippen LogP contribution in [0.3, 0.4) is 0 Å². The van der Waals surface area contributed by atoms with Crippen LogP contribution in [0.1, 0.15) is 33.6 Å². The van der Waals surface area contributed by atoms with Gasteiger partial charge in [-0.05, 0) is 67.8 Å². The molecule has 0 unspecified atom stereocenters. The number of pyridine rings is 1. The average Bonchev–Trinajstić information content (AvgIpc) is 3.34. The van der Waals surface area contributed by atoms with Gasteiger partial charge in [-0.2, -0.15) is 0 Å². The number of cyclic esters (lactones) is 1. The van der Waals surface area contributed by atoms with Crippen molar-refractivity contribution in [2.24, 2.45) is 0 Å². The van der Waals surface area contributed by atoms with E-state index in [9.17, 15) is 19.5 Å². The van der Waals surface area contributed by atoms with Gasteiger partial charge in [0.05, 0.1) is 21.4 Å². The predicted octanol–water partition coefficient (Wildman–Crippen LogP) is 4.86. The van der Waals surface area contributed by atoms with Crippen molar-refractivity contribution in [2.45, 2.75) is 32.8 Å². The summed E-state index contributed by atoms with van der Waals surface area (Å²) in [6, 6.07) is 9.94. The number of rotatable bonds is 6. The van der Waals surface area contributed by atoms with E-state index in [1.807, 2.05) is 13.8 Å². The van der Waals surface area contributed by atoms with Crippen molar-refractivity contribution >= 4 is 40.5 Å². The van der Waals surface area contributed by atoms with E-state index in [0.717, 1.165) is 11.1 Å². The van der Waals surface area contributed by atoms with E-state index in [4.69, 9.17) is 16.3 Å². The number of nitrogens with zero attached hydrogens (tertiary/aromatic N) is 2. The molecule has 2 aromatic heterocycles. The zero-order valence-electron chi connectivity index (χ0n) is 17.5. The minimum atomic E-state index is -0.510. The third-order valence-corrected chi connectivity index (χ3v) is 6.64. The number of hydrogen-bond acceptors (Lipinski definition) is 6. The Labute approximate surface area is 193 Å². The quantitative estimate of drug-likeness (QED) is 0.517. The van der Waals surface area contributed by atoms with Gasteiger partial charge in [-0.1, -0.05) is 11.6 Å². The van der Waals surface area contributed by atoms with Crippen molar-refractivity contribution in [1.29, 1.82) is 0 Å². The van der Waals surface area contributed by atoms with Crippen molar-refractivity contribution < 1.29 is 19.4 Å². The first-order valence-corrected chi connectivity index (χ1v) is 11.2. The highest BCUT2D eigenvalue weighted by atomic mass is 35.5. The number of aromatic nitrogens is 1. The number of carbonyl (C=O) groups excluding carboxylic acids is 2. The number of Topliss-reactive ketones (excluding diaryl/α,β-unsaturated/α-hetero) is 1. The monoisotopic (exact) mass is 472 g/mol. The number of anilines is 1. The Morgan fingerprint density at radius 1 is 1.22 bits per heavy atom. The van der Waals surface area contributed by atoms with E-state index in [-0.39, 0.29) is 18.0 Å². The summed E-state index contributed by atoms with van der Waals surface area (Å²) in [4.78, 5) is 39.3. The number of thiophene rings is 1. The van der Waals surface area contributed by atoms with Gasteiger partial charge < -0.3 is 9.84 Å². The van der Waals surface area contributed by atoms with Crippen LogP contribution in [0.25, 0.3) is 5.69 Å². The molecule has 1 fully saturated rings. The number of amides is 1. The summed E-state index contributed by atoms with van der Waals surface area (Å²) in [6.07, 6.45) is 1.42. The van der Waals surface area contributed by atoms with Gasteiger partial charge in [0.2, 0.25) is 0 Å². The molecule has 166 valence electrons. The van der Waals surface area contributed by atoms with Crippen molar-refractivity contribution in [2.75, 3.05) is 11.4 Å². The number of carbonyl (C=O) groups is 2. The molecule has 4 rings (SSSR count). The van der Waals surface area contributed by atoms with Gasteiger partial charge in [-0.15, -0.1) is 11.3 Å². The van der Waals surface area contributed by atoms with E-state index < -0.39 is 17.8 Å². The van der Waals surface area contributed by atoms with E-state index >= 15 is 0 Å². The third kappa shape index (κ3) is 4.28. The van der Waals surface area contributed by atoms with Gasteiger partial charge >= 0.3 is 6.09 Å². The number of aryl methyl sites for hydroxylation is 2. The van der Waals surface area contributed by atoms with Crippen LogP contribution < -0.4 is 10.5 Å². The molecule has 1 aliphatic heterocycles. The highest BCUT2D eigenvalue weighted by Crippen LogP contribution is 2.30. The highest BCUT2D eigenvalue weighted by molar-refractivity contribution is 7.18. The lowest BCUT2D eigenvalue weighted by molar-refractivity contribution is 0.0943. The number of ketones is 1. The Balaban J connectivity index is 1.50. The van der Waals surface area contributed by atoms with Gasteiger partial charge in [0.25, 0.3) is 5.56 Å². The van der Waals surface area contributed by atoms with Crippen molar-refractivity contribution in [3.63, 3.8) is 0 Å². The number of halogens is 1. The fraction of sp³-hybridized carbons (Fsp3) is 0.261. The van der Waals surface area contributed by atoms with Crippen LogP contribution in [-0.2, 0) is 4.74 Å². The highest BCUT2D eigenvalue weighted by Gasteiger charge is 2.33. The fourth-order valence-corrected chi connectivity index (χ4v) is 4.90. The SMILES string of the molecule is Cc1cc(N2C[C@H](CCC(=O)c3ccc(Cl)s3)OC2=O)cc(C)c1-n1cccc(O)c1=O. The molecule has 0 saturated carbocycles. The second-order valence-electron chi connectivity index (χ2n) is 7.68. The molecule has 3 aromatic rings. The van der Waals surface area contributed by atoms with Gasteiger partial charge in [0.15, 0.2) is 11.5 Å². The van der Waals surface area contributed by atoms with Crippen LogP contribution in [0.2, 0.25) is 4.34 Å². The Kier molecular flexibility index (Phi) is 6.08. The summed E-state index contributed by atoms with van der Waals surface area (Å²) in [7, 11) is 0. The predicted molar refractivity (Wildman–Crippen MR) is 124 cm³/mol. The van der Waals surface area contributed by atoms with Crippen LogP contribution >= 0.6 is 22.9 Å². The minimum Gasteiger partial charge on any atom is -0.503 e. The Bertz CT molecular complexity index is 1240. The lowest BCUT2D eigenvalue weighted by Crippen LogP contribution is -2.25. The standard InChI is InChI=1S/C23H21ClN2O5S/c1-13-10-15(11-14(2)21(13)25-9-3-4-18(28)22(25)29)26-12-16(31-23(26)30)5-6-17(27)19-7-8-20(24)32-19/h3-4,7-11,16,28H,5-6,12H2,1-2H3/t16-/m0/s1. The molecule has 1 aliphatic rings. The molecule has 0 bridgehead atoms. The van der Waals surface area contributed by atoms with Crippen LogP contribution in [0.5, 0.6) is 5.75 Å². The normalized spacial score (nSPS) is 15.8. The smallest absolute Gasteiger partial charge is 0.414 e. The molecule has 9 heteroatoms. The number of benzene rings is 1. The Hall–Kier alpha value is -3.10. The second kappa shape index (κ2) is 8.80. The molecule has 1 amide bonds. The second-order valence-corrected chi connectivity index (χ2v) is 9.39. The van der Waals surface area contributed by atoms with Crippen molar-refractivity contribution in [1.82, 2.24) is 4.57 Å². The van der Waals surface area contributed by atoms with Crippen LogP contribution in [0.15, 0.2) is 47.4 Å². The van der Waals surface area contributed by atoms with Gasteiger partial charge in [0.1, 0.15) is 6.10 Å². The topological polar surface area (TPSA) is 88.8 Å². The summed E-state index contributed by atoms with van der Waals surface area (Å²) >= 11 is 7.13. The molecule has 0 spiro atoms. The number of ether oxygens (including phenoxy) is 1. The molecule has 32 heavy (non-hydrogen) atoms. The Morgan fingerprint density at radius 2 is 1.94 bits per heavy atom. The van der Waals surface area contributed by atoms with E-state index in [2.05, 4.69) is 0 Å². The molecule has 1 atom stereocenters. The molecule has 3 heterocycles. The third-order valence-electron chi connectivity index (χ3n) is 5.37. The van der Waals surface area contributed by atoms with Crippen molar-refractivity contribution in [3.8, 4) is 11.4 Å². The van der Waals surface area contributed by atoms with E-state index in [0.29, 0.717) is 33.6 Å². The summed E-state index contributed by atoms with van der Waals surface area (Å²) in [5, 5.41) is 9.77. The average molecular weight is 473 g/mol. The first-order chi connectivity index (χ1) is 15.2. The minimum absolute atomic E-state index is 0.0241. The molecule has 0 radical (unpaired) electrons. The molecule has 1 N–H and O–H groups in total. The van der Waals surface area contributed by atoms with E-state index in [1.54, 1.807) is 36.5 Å². The first kappa shape index (κ1) is 22.1. The van der Waals surface area contributed by atoms with Crippen LogP contribution in [0, 0.1) is 13.8 Å². The van der Waals surface area contributed by atoms with Crippen LogP contribution in [-0.4, -0.2) is 34.2 Å². The first-order valence-electron chi connectivity index (χ1n) is 10.0. The molecule has 7 nitrogen and oxygen atoms in total. The number of aromatic hydroxyl groups is 1. The van der Waals surface area contributed by atoms with Gasteiger partial charge in [-0.3, -0.25) is 19.1 Å². The Morgan fingerprint density at radius 3 is 2.59 bits per heavy atom. The summed E-state index contributed by atoms with van der Waals surface area (Å²) in [5.41, 5.74) is 2.34. The molecule has 1 saturated heterocycles. The lowest BCUT2D eigenvalue weighted by atomic mass is 10.1. The number of hydrogen-bond donors (Lipinski definition) is 1. The largest absolute Gasteiger partial charge is 0.503 e. The molecular formula is C23H21ClN2O5S. The van der Waals surface area contributed by atoms with Gasteiger partial charge in [-0.25, -0.2) is 4.79 Å². The summed E-state index contributed by atoms with van der Waals surface area (Å²) in [5.74, 6) is -0.357. The maximum Gasteiger partial charge on any atom is 0.414 e.